The van der Waals surface area contributed by atoms with E-state index in [1.165, 1.54) is 4.80 Å². The van der Waals surface area contributed by atoms with Crippen LogP contribution >= 0.6 is 0 Å². The van der Waals surface area contributed by atoms with Gasteiger partial charge in [0.15, 0.2) is 0 Å². The van der Waals surface area contributed by atoms with Gasteiger partial charge < -0.3 is 9.64 Å². The summed E-state index contributed by atoms with van der Waals surface area (Å²) in [7, 11) is 0. The van der Waals surface area contributed by atoms with E-state index in [2.05, 4.69) is 26.5 Å². The average Bonchev–Trinajstić information content (AvgIpc) is 3.59. The Labute approximate surface area is 189 Å². The Morgan fingerprint density at radius 2 is 1.79 bits per heavy atom. The van der Waals surface area contributed by atoms with E-state index in [9.17, 15) is 10.1 Å². The minimum atomic E-state index is -0.183. The number of rotatable bonds is 5. The molecule has 1 fully saturated rings. The van der Waals surface area contributed by atoms with E-state index in [0.29, 0.717) is 43.0 Å². The number of ether oxygens (including phenoxy) is 1. The predicted molar refractivity (Wildman–Crippen MR) is 117 cm³/mol. The van der Waals surface area contributed by atoms with Crippen molar-refractivity contribution in [3.05, 3.63) is 83.9 Å². The first-order valence-electron chi connectivity index (χ1n) is 10.5. The summed E-state index contributed by atoms with van der Waals surface area (Å²) in [5.74, 6) is -0.183. The van der Waals surface area contributed by atoms with Crippen LogP contribution in [0.25, 0.3) is 11.4 Å². The molecule has 1 unspecified atom stereocenters. The largest absolute Gasteiger partial charge is 0.377 e. The second-order valence-corrected chi connectivity index (χ2v) is 7.58. The molecule has 0 bridgehead atoms. The summed E-state index contributed by atoms with van der Waals surface area (Å²) in [6, 6.07) is 14.8. The second kappa shape index (κ2) is 9.02. The number of nitrogens with zero attached hydrogens (tertiary/aromatic N) is 8. The van der Waals surface area contributed by atoms with Crippen molar-refractivity contribution in [3.63, 3.8) is 0 Å². The SMILES string of the molecule is N#Cc1ccc(-n2nccn2)c(C(=O)N2CCOCC2Cc2cccc(-n3nccn3)c2)c1. The minimum Gasteiger partial charge on any atom is -0.377 e. The van der Waals surface area contributed by atoms with Crippen LogP contribution in [0.5, 0.6) is 0 Å². The molecule has 0 saturated carbocycles. The van der Waals surface area contributed by atoms with Crippen molar-refractivity contribution >= 4 is 5.91 Å². The van der Waals surface area contributed by atoms with Crippen molar-refractivity contribution in [3.8, 4) is 17.4 Å². The number of carbonyl (C=O) groups is 1. The Morgan fingerprint density at radius 3 is 2.55 bits per heavy atom. The summed E-state index contributed by atoms with van der Waals surface area (Å²) < 4.78 is 5.71. The average molecular weight is 440 g/mol. The smallest absolute Gasteiger partial charge is 0.256 e. The third kappa shape index (κ3) is 4.22. The van der Waals surface area contributed by atoms with Crippen molar-refractivity contribution in [2.75, 3.05) is 19.8 Å². The van der Waals surface area contributed by atoms with Crippen molar-refractivity contribution in [1.82, 2.24) is 34.9 Å². The van der Waals surface area contributed by atoms with Gasteiger partial charge in [0.05, 0.1) is 72.6 Å². The lowest BCUT2D eigenvalue weighted by atomic mass is 10.0. The molecule has 10 heteroatoms. The third-order valence-corrected chi connectivity index (χ3v) is 5.51. The minimum absolute atomic E-state index is 0.170. The summed E-state index contributed by atoms with van der Waals surface area (Å²) in [6.45, 7) is 1.32. The second-order valence-electron chi connectivity index (χ2n) is 7.58. The molecule has 0 N–H and O–H groups in total. The maximum absolute atomic E-state index is 13.7. The van der Waals surface area contributed by atoms with Gasteiger partial charge in [-0.25, -0.2) is 0 Å². The number of amides is 1. The van der Waals surface area contributed by atoms with Crippen LogP contribution in [0.4, 0.5) is 0 Å². The summed E-state index contributed by atoms with van der Waals surface area (Å²) in [5.41, 5.74) is 3.20. The molecule has 2 aromatic heterocycles. The zero-order valence-corrected chi connectivity index (χ0v) is 17.7. The van der Waals surface area contributed by atoms with E-state index in [0.717, 1.165) is 11.3 Å². The number of nitriles is 1. The summed E-state index contributed by atoms with van der Waals surface area (Å²) in [6.07, 6.45) is 6.96. The van der Waals surface area contributed by atoms with Crippen LogP contribution in [0.3, 0.4) is 0 Å². The van der Waals surface area contributed by atoms with Gasteiger partial charge in [-0.2, -0.15) is 35.2 Å². The monoisotopic (exact) mass is 440 g/mol. The molecule has 5 rings (SSSR count). The standard InChI is InChI=1S/C23H20N8O2/c24-15-18-4-5-22(31-27-8-9-28-31)21(14-18)23(32)29-10-11-33-16-20(29)13-17-2-1-3-19(12-17)30-25-6-7-26-30/h1-9,12,14,20H,10-11,13,16H2. The van der Waals surface area contributed by atoms with Gasteiger partial charge in [0.2, 0.25) is 0 Å². The molecule has 0 radical (unpaired) electrons. The van der Waals surface area contributed by atoms with E-state index in [1.807, 2.05) is 29.2 Å². The summed E-state index contributed by atoms with van der Waals surface area (Å²) in [4.78, 5) is 18.5. The van der Waals surface area contributed by atoms with Crippen LogP contribution in [0, 0.1) is 11.3 Å². The van der Waals surface area contributed by atoms with Gasteiger partial charge in [-0.15, -0.1) is 0 Å². The number of benzene rings is 2. The van der Waals surface area contributed by atoms with Crippen LogP contribution in [-0.2, 0) is 11.2 Å². The molecule has 164 valence electrons. The highest BCUT2D eigenvalue weighted by atomic mass is 16.5. The molecular weight excluding hydrogens is 420 g/mol. The molecule has 1 saturated heterocycles. The van der Waals surface area contributed by atoms with Crippen molar-refractivity contribution in [2.24, 2.45) is 0 Å². The number of carbonyl (C=O) groups excluding carboxylic acids is 1. The third-order valence-electron chi connectivity index (χ3n) is 5.51. The summed E-state index contributed by atoms with van der Waals surface area (Å²) in [5, 5.41) is 26.1. The predicted octanol–water partition coefficient (Wildman–Crippen LogP) is 1.80. The van der Waals surface area contributed by atoms with Gasteiger partial charge in [0.25, 0.3) is 5.91 Å². The normalized spacial score (nSPS) is 15.8. The number of hydrogen-bond acceptors (Lipinski definition) is 7. The lowest BCUT2D eigenvalue weighted by molar-refractivity contribution is -0.00165. The molecule has 10 nitrogen and oxygen atoms in total. The first-order valence-corrected chi connectivity index (χ1v) is 10.5. The maximum Gasteiger partial charge on any atom is 0.256 e. The van der Waals surface area contributed by atoms with Crippen LogP contribution in [0.2, 0.25) is 0 Å². The topological polar surface area (TPSA) is 115 Å². The zero-order valence-electron chi connectivity index (χ0n) is 17.7. The van der Waals surface area contributed by atoms with Gasteiger partial charge in [0, 0.05) is 6.54 Å². The van der Waals surface area contributed by atoms with Gasteiger partial charge in [0.1, 0.15) is 0 Å². The van der Waals surface area contributed by atoms with Gasteiger partial charge in [-0.3, -0.25) is 4.79 Å². The number of morpholine rings is 1. The van der Waals surface area contributed by atoms with Gasteiger partial charge >= 0.3 is 0 Å². The molecule has 2 aromatic carbocycles. The Hall–Kier alpha value is -4.36. The Balaban J connectivity index is 1.45. The molecule has 0 aliphatic carbocycles. The Bertz CT molecular complexity index is 1290. The fourth-order valence-electron chi connectivity index (χ4n) is 3.97. The highest BCUT2D eigenvalue weighted by Gasteiger charge is 2.30. The molecule has 3 heterocycles. The van der Waals surface area contributed by atoms with Crippen LogP contribution < -0.4 is 0 Å². The van der Waals surface area contributed by atoms with Crippen molar-refractivity contribution in [2.45, 2.75) is 12.5 Å². The van der Waals surface area contributed by atoms with E-state index in [-0.39, 0.29) is 11.9 Å². The van der Waals surface area contributed by atoms with E-state index in [4.69, 9.17) is 4.74 Å². The van der Waals surface area contributed by atoms with Crippen molar-refractivity contribution < 1.29 is 9.53 Å². The fourth-order valence-corrected chi connectivity index (χ4v) is 3.97. The molecule has 4 aromatic rings. The van der Waals surface area contributed by atoms with Crippen LogP contribution in [-0.4, -0.2) is 66.6 Å². The number of hydrogen-bond donors (Lipinski definition) is 0. The molecule has 1 aliphatic rings. The number of aromatic nitrogens is 6. The quantitative estimate of drug-likeness (QED) is 0.465. The first kappa shape index (κ1) is 20.5. The van der Waals surface area contributed by atoms with Gasteiger partial charge in [-0.05, 0) is 42.3 Å². The molecule has 33 heavy (non-hydrogen) atoms. The Kier molecular flexibility index (Phi) is 5.61. The van der Waals surface area contributed by atoms with Crippen LogP contribution in [0.1, 0.15) is 21.5 Å². The maximum atomic E-state index is 13.7. The summed E-state index contributed by atoms with van der Waals surface area (Å²) >= 11 is 0. The highest BCUT2D eigenvalue weighted by Crippen LogP contribution is 2.22. The Morgan fingerprint density at radius 1 is 1.03 bits per heavy atom. The van der Waals surface area contributed by atoms with Gasteiger partial charge in [-0.1, -0.05) is 12.1 Å². The zero-order chi connectivity index (χ0) is 22.6. The van der Waals surface area contributed by atoms with E-state index >= 15 is 0 Å². The van der Waals surface area contributed by atoms with Crippen molar-refractivity contribution in [1.29, 1.82) is 5.26 Å². The fraction of sp³-hybridized carbons (Fsp3) is 0.217. The van der Waals surface area contributed by atoms with Crippen LogP contribution in [0.15, 0.2) is 67.3 Å². The van der Waals surface area contributed by atoms with E-state index < -0.39 is 0 Å². The molecule has 1 atom stereocenters. The molecule has 1 aliphatic heterocycles. The lowest BCUT2D eigenvalue weighted by Crippen LogP contribution is -2.50. The van der Waals surface area contributed by atoms with E-state index in [1.54, 1.807) is 47.8 Å². The highest BCUT2D eigenvalue weighted by molar-refractivity contribution is 5.98. The molecule has 0 spiro atoms. The first-order chi connectivity index (χ1) is 16.2. The molecular formula is C23H20N8O2. The lowest BCUT2D eigenvalue weighted by Gasteiger charge is -2.36. The molecule has 1 amide bonds.